The standard InChI is InChI=1S/C15H26N2/c1-7-8-13-11(2)9-10-16-14(13)17-12(3)15(4,5)6/h9-10,12H,7-8H2,1-6H3,(H,16,17). The Bertz CT molecular complexity index is 364. The van der Waals surface area contributed by atoms with Crippen LogP contribution in [0.4, 0.5) is 5.82 Å². The zero-order valence-electron chi connectivity index (χ0n) is 12.1. The van der Waals surface area contributed by atoms with Gasteiger partial charge in [-0.15, -0.1) is 0 Å². The van der Waals surface area contributed by atoms with Crippen molar-refractivity contribution in [3.05, 3.63) is 23.4 Å². The van der Waals surface area contributed by atoms with E-state index in [1.165, 1.54) is 11.1 Å². The lowest BCUT2D eigenvalue weighted by Crippen LogP contribution is -2.31. The third kappa shape index (κ3) is 3.72. The lowest BCUT2D eigenvalue weighted by Gasteiger charge is -2.29. The molecule has 0 spiro atoms. The molecular formula is C15H26N2. The van der Waals surface area contributed by atoms with Gasteiger partial charge in [0.25, 0.3) is 0 Å². The van der Waals surface area contributed by atoms with Crippen molar-refractivity contribution in [2.75, 3.05) is 5.32 Å². The van der Waals surface area contributed by atoms with E-state index in [1.54, 1.807) is 0 Å². The Hall–Kier alpha value is -1.05. The molecule has 0 aliphatic heterocycles. The van der Waals surface area contributed by atoms with E-state index in [4.69, 9.17) is 0 Å². The van der Waals surface area contributed by atoms with Crippen molar-refractivity contribution in [2.24, 2.45) is 5.41 Å². The summed E-state index contributed by atoms with van der Waals surface area (Å²) < 4.78 is 0. The second-order valence-corrected chi connectivity index (χ2v) is 5.94. The second-order valence-electron chi connectivity index (χ2n) is 5.94. The first-order valence-corrected chi connectivity index (χ1v) is 6.57. The summed E-state index contributed by atoms with van der Waals surface area (Å²) in [6, 6.07) is 2.50. The highest BCUT2D eigenvalue weighted by Crippen LogP contribution is 2.25. The Balaban J connectivity index is 2.94. The number of hydrogen-bond acceptors (Lipinski definition) is 2. The SMILES string of the molecule is CCCc1c(C)ccnc1NC(C)C(C)(C)C. The second kappa shape index (κ2) is 5.52. The first-order valence-electron chi connectivity index (χ1n) is 6.57. The van der Waals surface area contributed by atoms with Gasteiger partial charge in [-0.25, -0.2) is 4.98 Å². The molecule has 0 amide bonds. The minimum atomic E-state index is 0.245. The molecule has 17 heavy (non-hydrogen) atoms. The van der Waals surface area contributed by atoms with Crippen LogP contribution in [0.2, 0.25) is 0 Å². The number of aromatic nitrogens is 1. The summed E-state index contributed by atoms with van der Waals surface area (Å²) in [4.78, 5) is 4.50. The summed E-state index contributed by atoms with van der Waals surface area (Å²) in [5, 5.41) is 3.56. The Morgan fingerprint density at radius 1 is 1.35 bits per heavy atom. The van der Waals surface area contributed by atoms with Crippen LogP contribution in [0.15, 0.2) is 12.3 Å². The smallest absolute Gasteiger partial charge is 0.129 e. The minimum Gasteiger partial charge on any atom is -0.367 e. The van der Waals surface area contributed by atoms with Crippen molar-refractivity contribution in [1.82, 2.24) is 4.98 Å². The van der Waals surface area contributed by atoms with Crippen LogP contribution in [-0.4, -0.2) is 11.0 Å². The fourth-order valence-corrected chi connectivity index (χ4v) is 1.70. The van der Waals surface area contributed by atoms with Crippen LogP contribution in [0.1, 0.15) is 52.2 Å². The van der Waals surface area contributed by atoms with Gasteiger partial charge in [0, 0.05) is 12.2 Å². The fraction of sp³-hybridized carbons (Fsp3) is 0.667. The van der Waals surface area contributed by atoms with Gasteiger partial charge in [-0.1, -0.05) is 34.1 Å². The van der Waals surface area contributed by atoms with E-state index in [0.717, 1.165) is 18.7 Å². The molecule has 1 heterocycles. The monoisotopic (exact) mass is 234 g/mol. The number of nitrogens with zero attached hydrogens (tertiary/aromatic N) is 1. The molecule has 1 N–H and O–H groups in total. The number of aryl methyl sites for hydroxylation is 1. The normalized spacial score (nSPS) is 13.5. The van der Waals surface area contributed by atoms with E-state index in [0.29, 0.717) is 6.04 Å². The van der Waals surface area contributed by atoms with Gasteiger partial charge >= 0.3 is 0 Å². The first kappa shape index (κ1) is 14.0. The zero-order chi connectivity index (χ0) is 13.1. The van der Waals surface area contributed by atoms with Crippen molar-refractivity contribution in [2.45, 2.75) is 60.4 Å². The van der Waals surface area contributed by atoms with E-state index >= 15 is 0 Å². The summed E-state index contributed by atoms with van der Waals surface area (Å²) in [6.45, 7) is 13.3. The minimum absolute atomic E-state index is 0.245. The van der Waals surface area contributed by atoms with Crippen molar-refractivity contribution in [1.29, 1.82) is 0 Å². The van der Waals surface area contributed by atoms with E-state index in [-0.39, 0.29) is 5.41 Å². The lowest BCUT2D eigenvalue weighted by atomic mass is 9.88. The Morgan fingerprint density at radius 3 is 2.53 bits per heavy atom. The number of hydrogen-bond donors (Lipinski definition) is 1. The highest BCUT2D eigenvalue weighted by atomic mass is 15.0. The predicted octanol–water partition coefficient (Wildman–Crippen LogP) is 4.19. The highest BCUT2D eigenvalue weighted by molar-refractivity contribution is 5.48. The third-order valence-corrected chi connectivity index (χ3v) is 3.44. The molecule has 1 aromatic heterocycles. The van der Waals surface area contributed by atoms with Crippen molar-refractivity contribution < 1.29 is 0 Å². The quantitative estimate of drug-likeness (QED) is 0.845. The highest BCUT2D eigenvalue weighted by Gasteiger charge is 2.21. The van der Waals surface area contributed by atoms with E-state index in [9.17, 15) is 0 Å². The van der Waals surface area contributed by atoms with Gasteiger partial charge < -0.3 is 5.32 Å². The molecule has 0 saturated carbocycles. The summed E-state index contributed by atoms with van der Waals surface area (Å²) in [5.41, 5.74) is 2.95. The molecule has 2 nitrogen and oxygen atoms in total. The van der Waals surface area contributed by atoms with E-state index < -0.39 is 0 Å². The average molecular weight is 234 g/mol. The van der Waals surface area contributed by atoms with Crippen LogP contribution in [-0.2, 0) is 6.42 Å². The Morgan fingerprint density at radius 2 is 2.00 bits per heavy atom. The van der Waals surface area contributed by atoms with Gasteiger partial charge in [-0.3, -0.25) is 0 Å². The summed E-state index contributed by atoms with van der Waals surface area (Å²) in [6.07, 6.45) is 4.15. The maximum atomic E-state index is 4.50. The Labute approximate surface area is 106 Å². The third-order valence-electron chi connectivity index (χ3n) is 3.44. The Kier molecular flexibility index (Phi) is 4.55. The van der Waals surface area contributed by atoms with Gasteiger partial charge in [-0.05, 0) is 42.9 Å². The number of nitrogens with one attached hydrogen (secondary N) is 1. The maximum absolute atomic E-state index is 4.50. The van der Waals surface area contributed by atoms with Crippen molar-refractivity contribution in [3.63, 3.8) is 0 Å². The molecule has 1 atom stereocenters. The van der Waals surface area contributed by atoms with Crippen LogP contribution in [0.3, 0.4) is 0 Å². The predicted molar refractivity (Wildman–Crippen MR) is 75.5 cm³/mol. The molecule has 96 valence electrons. The summed E-state index contributed by atoms with van der Waals surface area (Å²) in [7, 11) is 0. The molecule has 0 aliphatic carbocycles. The van der Waals surface area contributed by atoms with Crippen LogP contribution in [0.25, 0.3) is 0 Å². The zero-order valence-corrected chi connectivity index (χ0v) is 12.1. The molecule has 2 heteroatoms. The largest absolute Gasteiger partial charge is 0.367 e. The first-order chi connectivity index (χ1) is 7.86. The molecule has 0 radical (unpaired) electrons. The van der Waals surface area contributed by atoms with Crippen LogP contribution in [0, 0.1) is 12.3 Å². The van der Waals surface area contributed by atoms with Crippen LogP contribution < -0.4 is 5.32 Å². The number of rotatable bonds is 4. The molecule has 1 unspecified atom stereocenters. The summed E-state index contributed by atoms with van der Waals surface area (Å²) >= 11 is 0. The van der Waals surface area contributed by atoms with E-state index in [2.05, 4.69) is 57.9 Å². The van der Waals surface area contributed by atoms with Crippen LogP contribution in [0.5, 0.6) is 0 Å². The topological polar surface area (TPSA) is 24.9 Å². The average Bonchev–Trinajstić information content (AvgIpc) is 2.21. The molecule has 0 saturated heterocycles. The van der Waals surface area contributed by atoms with Gasteiger partial charge in [0.2, 0.25) is 0 Å². The lowest BCUT2D eigenvalue weighted by molar-refractivity contribution is 0.358. The molecular weight excluding hydrogens is 208 g/mol. The van der Waals surface area contributed by atoms with Gasteiger partial charge in [0.15, 0.2) is 0 Å². The van der Waals surface area contributed by atoms with Crippen molar-refractivity contribution in [3.8, 4) is 0 Å². The number of pyridine rings is 1. The fourth-order valence-electron chi connectivity index (χ4n) is 1.70. The van der Waals surface area contributed by atoms with Crippen LogP contribution >= 0.6 is 0 Å². The molecule has 0 aromatic carbocycles. The molecule has 1 rings (SSSR count). The number of anilines is 1. The maximum Gasteiger partial charge on any atom is 0.129 e. The summed E-state index contributed by atoms with van der Waals surface area (Å²) in [5.74, 6) is 1.06. The molecule has 0 fully saturated rings. The van der Waals surface area contributed by atoms with Gasteiger partial charge in [-0.2, -0.15) is 0 Å². The van der Waals surface area contributed by atoms with Gasteiger partial charge in [0.1, 0.15) is 5.82 Å². The molecule has 0 bridgehead atoms. The van der Waals surface area contributed by atoms with Gasteiger partial charge in [0.05, 0.1) is 0 Å². The molecule has 0 aliphatic rings. The van der Waals surface area contributed by atoms with Crippen molar-refractivity contribution >= 4 is 5.82 Å². The van der Waals surface area contributed by atoms with E-state index in [1.807, 2.05) is 6.20 Å². The molecule has 1 aromatic rings.